The van der Waals surface area contributed by atoms with Gasteiger partial charge in [-0.25, -0.2) is 14.3 Å². The standard InChI is InChI=1S/C11H15N7O/c1-17-11(13-7-14-17)10(19)9-6-18(16-15-9)8-2-4-12-5-3-8/h6-8,12H,2-5H2,1H3. The molecule has 1 N–H and O–H groups in total. The normalized spacial score (nSPS) is 16.7. The van der Waals surface area contributed by atoms with Crippen LogP contribution < -0.4 is 5.32 Å². The lowest BCUT2D eigenvalue weighted by Crippen LogP contribution is -2.29. The van der Waals surface area contributed by atoms with Gasteiger partial charge < -0.3 is 5.32 Å². The lowest BCUT2D eigenvalue weighted by Gasteiger charge is -2.21. The van der Waals surface area contributed by atoms with E-state index in [9.17, 15) is 4.79 Å². The largest absolute Gasteiger partial charge is 0.317 e. The number of hydrogen-bond donors (Lipinski definition) is 1. The monoisotopic (exact) mass is 261 g/mol. The predicted octanol–water partition coefficient (Wildman–Crippen LogP) is -0.438. The summed E-state index contributed by atoms with van der Waals surface area (Å²) in [6.07, 6.45) is 5.05. The lowest BCUT2D eigenvalue weighted by molar-refractivity contribution is 0.102. The molecule has 0 atom stereocenters. The van der Waals surface area contributed by atoms with Crippen LogP contribution in [0.3, 0.4) is 0 Å². The quantitative estimate of drug-likeness (QED) is 0.753. The van der Waals surface area contributed by atoms with Crippen LogP contribution in [0.1, 0.15) is 35.2 Å². The summed E-state index contributed by atoms with van der Waals surface area (Å²) in [6, 6.07) is 0.315. The first-order chi connectivity index (χ1) is 9.25. The van der Waals surface area contributed by atoms with E-state index in [2.05, 4.69) is 25.7 Å². The van der Waals surface area contributed by atoms with Crippen molar-refractivity contribution in [2.45, 2.75) is 18.9 Å². The lowest BCUT2D eigenvalue weighted by atomic mass is 10.1. The molecule has 19 heavy (non-hydrogen) atoms. The molecule has 3 rings (SSSR count). The first-order valence-electron chi connectivity index (χ1n) is 6.27. The summed E-state index contributed by atoms with van der Waals surface area (Å²) < 4.78 is 3.22. The summed E-state index contributed by atoms with van der Waals surface area (Å²) in [6.45, 7) is 1.94. The fourth-order valence-electron chi connectivity index (χ4n) is 2.25. The number of hydrogen-bond acceptors (Lipinski definition) is 6. The summed E-state index contributed by atoms with van der Waals surface area (Å²) in [5.74, 6) is 0.0255. The number of aromatic nitrogens is 6. The second kappa shape index (κ2) is 4.88. The van der Waals surface area contributed by atoms with E-state index in [-0.39, 0.29) is 11.6 Å². The van der Waals surface area contributed by atoms with Crippen LogP contribution in [0.4, 0.5) is 0 Å². The van der Waals surface area contributed by atoms with Gasteiger partial charge in [-0.15, -0.1) is 5.10 Å². The smallest absolute Gasteiger partial charge is 0.251 e. The fraction of sp³-hybridized carbons (Fsp3) is 0.545. The van der Waals surface area contributed by atoms with Crippen LogP contribution in [0.25, 0.3) is 0 Å². The van der Waals surface area contributed by atoms with Crippen LogP contribution in [-0.4, -0.2) is 48.6 Å². The SMILES string of the molecule is Cn1ncnc1C(=O)c1cn(C2CCNCC2)nn1. The number of nitrogens with zero attached hydrogens (tertiary/aromatic N) is 6. The van der Waals surface area contributed by atoms with Gasteiger partial charge in [-0.2, -0.15) is 5.10 Å². The molecule has 1 aliphatic rings. The Hall–Kier alpha value is -2.09. The first kappa shape index (κ1) is 12.0. The minimum Gasteiger partial charge on any atom is -0.317 e. The van der Waals surface area contributed by atoms with Crippen molar-refractivity contribution < 1.29 is 4.79 Å². The van der Waals surface area contributed by atoms with Crippen molar-refractivity contribution in [1.29, 1.82) is 0 Å². The Labute approximate surface area is 109 Å². The van der Waals surface area contributed by atoms with E-state index in [1.807, 2.05) is 0 Å². The summed E-state index contributed by atoms with van der Waals surface area (Å²) in [4.78, 5) is 16.1. The van der Waals surface area contributed by atoms with Crippen molar-refractivity contribution in [3.05, 3.63) is 24.0 Å². The molecule has 0 amide bonds. The Morgan fingerprint density at radius 1 is 1.42 bits per heavy atom. The number of ketones is 1. The van der Waals surface area contributed by atoms with E-state index in [0.717, 1.165) is 25.9 Å². The van der Waals surface area contributed by atoms with Gasteiger partial charge in [0.15, 0.2) is 5.69 Å². The molecule has 1 saturated heterocycles. The molecular formula is C11H15N7O. The predicted molar refractivity (Wildman–Crippen MR) is 65.6 cm³/mol. The van der Waals surface area contributed by atoms with Gasteiger partial charge in [0.05, 0.1) is 12.2 Å². The molecule has 0 spiro atoms. The zero-order valence-electron chi connectivity index (χ0n) is 10.7. The van der Waals surface area contributed by atoms with Crippen LogP contribution in [0.5, 0.6) is 0 Å². The number of carbonyl (C=O) groups excluding carboxylic acids is 1. The van der Waals surface area contributed by atoms with Crippen molar-refractivity contribution in [2.75, 3.05) is 13.1 Å². The van der Waals surface area contributed by atoms with Crippen molar-refractivity contribution in [1.82, 2.24) is 35.1 Å². The number of rotatable bonds is 3. The van der Waals surface area contributed by atoms with Crippen LogP contribution in [-0.2, 0) is 7.05 Å². The Bertz CT molecular complexity index is 581. The molecule has 0 bridgehead atoms. The molecule has 8 nitrogen and oxygen atoms in total. The molecule has 1 aliphatic heterocycles. The molecule has 8 heteroatoms. The van der Waals surface area contributed by atoms with E-state index in [0.29, 0.717) is 11.7 Å². The zero-order chi connectivity index (χ0) is 13.2. The Morgan fingerprint density at radius 3 is 2.89 bits per heavy atom. The molecular weight excluding hydrogens is 246 g/mol. The van der Waals surface area contributed by atoms with Crippen molar-refractivity contribution in [3.8, 4) is 0 Å². The van der Waals surface area contributed by atoms with Crippen molar-refractivity contribution >= 4 is 5.78 Å². The van der Waals surface area contributed by atoms with Crippen molar-refractivity contribution in [3.63, 3.8) is 0 Å². The third-order valence-electron chi connectivity index (χ3n) is 3.34. The van der Waals surface area contributed by atoms with Crippen LogP contribution >= 0.6 is 0 Å². The van der Waals surface area contributed by atoms with Gasteiger partial charge in [0.1, 0.15) is 6.33 Å². The highest BCUT2D eigenvalue weighted by Crippen LogP contribution is 2.17. The van der Waals surface area contributed by atoms with Gasteiger partial charge in [-0.3, -0.25) is 4.79 Å². The van der Waals surface area contributed by atoms with E-state index in [1.165, 1.54) is 11.0 Å². The molecule has 1 fully saturated rings. The molecule has 100 valence electrons. The summed E-state index contributed by atoms with van der Waals surface area (Å²) >= 11 is 0. The van der Waals surface area contributed by atoms with Crippen LogP contribution in [0.2, 0.25) is 0 Å². The molecule has 2 aromatic heterocycles. The number of nitrogens with one attached hydrogen (secondary N) is 1. The van der Waals surface area contributed by atoms with Gasteiger partial charge in [0.25, 0.3) is 5.78 Å². The van der Waals surface area contributed by atoms with E-state index < -0.39 is 0 Å². The molecule has 3 heterocycles. The molecule has 0 radical (unpaired) electrons. The Morgan fingerprint density at radius 2 is 2.21 bits per heavy atom. The molecule has 0 unspecified atom stereocenters. The molecule has 0 saturated carbocycles. The van der Waals surface area contributed by atoms with E-state index in [4.69, 9.17) is 0 Å². The van der Waals surface area contributed by atoms with Gasteiger partial charge in [-0.05, 0) is 25.9 Å². The zero-order valence-corrected chi connectivity index (χ0v) is 10.7. The summed E-state index contributed by atoms with van der Waals surface area (Å²) in [7, 11) is 1.68. The molecule has 0 aromatic carbocycles. The number of aryl methyl sites for hydroxylation is 1. The molecule has 0 aliphatic carbocycles. The van der Waals surface area contributed by atoms with Crippen LogP contribution in [0.15, 0.2) is 12.5 Å². The van der Waals surface area contributed by atoms with E-state index in [1.54, 1.807) is 17.9 Å². The number of carbonyl (C=O) groups is 1. The van der Waals surface area contributed by atoms with Crippen LogP contribution in [0, 0.1) is 0 Å². The van der Waals surface area contributed by atoms with Gasteiger partial charge in [-0.1, -0.05) is 5.21 Å². The highest BCUT2D eigenvalue weighted by atomic mass is 16.1. The van der Waals surface area contributed by atoms with Gasteiger partial charge >= 0.3 is 0 Å². The average Bonchev–Trinajstić information content (AvgIpc) is 3.08. The highest BCUT2D eigenvalue weighted by molar-refractivity contribution is 6.04. The first-order valence-corrected chi connectivity index (χ1v) is 6.27. The van der Waals surface area contributed by atoms with Crippen molar-refractivity contribution in [2.24, 2.45) is 7.05 Å². The number of piperidine rings is 1. The van der Waals surface area contributed by atoms with Gasteiger partial charge in [0.2, 0.25) is 5.82 Å². The second-order valence-corrected chi connectivity index (χ2v) is 4.60. The van der Waals surface area contributed by atoms with E-state index >= 15 is 0 Å². The topological polar surface area (TPSA) is 90.5 Å². The minimum absolute atomic E-state index is 0.250. The Kier molecular flexibility index (Phi) is 3.08. The second-order valence-electron chi connectivity index (χ2n) is 4.60. The Balaban J connectivity index is 1.81. The maximum absolute atomic E-state index is 12.2. The minimum atomic E-state index is -0.250. The maximum atomic E-state index is 12.2. The third-order valence-corrected chi connectivity index (χ3v) is 3.34. The summed E-state index contributed by atoms with van der Waals surface area (Å²) in [5, 5.41) is 15.2. The maximum Gasteiger partial charge on any atom is 0.251 e. The fourth-order valence-corrected chi connectivity index (χ4v) is 2.25. The average molecular weight is 261 g/mol. The third kappa shape index (κ3) is 2.26. The van der Waals surface area contributed by atoms with Gasteiger partial charge in [0, 0.05) is 7.05 Å². The highest BCUT2D eigenvalue weighted by Gasteiger charge is 2.21. The molecule has 2 aromatic rings. The summed E-state index contributed by atoms with van der Waals surface area (Å²) in [5.41, 5.74) is 0.314.